The van der Waals surface area contributed by atoms with E-state index in [2.05, 4.69) is 0 Å². The van der Waals surface area contributed by atoms with E-state index >= 15 is 0 Å². The van der Waals surface area contributed by atoms with E-state index in [0.29, 0.717) is 12.1 Å². The summed E-state index contributed by atoms with van der Waals surface area (Å²) >= 11 is 0. The van der Waals surface area contributed by atoms with Crippen molar-refractivity contribution in [1.29, 1.82) is 0 Å². The molecule has 2 N–H and O–H groups in total. The van der Waals surface area contributed by atoms with Gasteiger partial charge in [-0.3, -0.25) is 0 Å². The number of rotatable bonds is 3. The fourth-order valence-corrected chi connectivity index (χ4v) is 1.33. The molecule has 0 aliphatic heterocycles. The van der Waals surface area contributed by atoms with Crippen molar-refractivity contribution in [3.05, 3.63) is 41.0 Å². The Balaban J connectivity index is 3.05. The fourth-order valence-electron chi connectivity index (χ4n) is 1.33. The quantitative estimate of drug-likeness (QED) is 0.817. The minimum Gasteiger partial charge on any atom is -0.327 e. The van der Waals surface area contributed by atoms with Gasteiger partial charge in [0.1, 0.15) is 11.6 Å². The van der Waals surface area contributed by atoms with Crippen LogP contribution in [0, 0.1) is 17.6 Å². The highest BCUT2D eigenvalue weighted by Gasteiger charge is 2.03. The van der Waals surface area contributed by atoms with Crippen LogP contribution in [0.3, 0.4) is 0 Å². The van der Waals surface area contributed by atoms with Crippen molar-refractivity contribution in [3.63, 3.8) is 0 Å². The van der Waals surface area contributed by atoms with Gasteiger partial charge >= 0.3 is 0 Å². The zero-order valence-electron chi connectivity index (χ0n) is 8.93. The molecule has 3 heteroatoms. The lowest BCUT2D eigenvalue weighted by Crippen LogP contribution is -2.08. The molecule has 82 valence electrons. The molecule has 0 saturated carbocycles. The van der Waals surface area contributed by atoms with E-state index in [1.165, 1.54) is 12.1 Å². The molecule has 0 atom stereocenters. The first-order chi connectivity index (χ1) is 7.02. The summed E-state index contributed by atoms with van der Waals surface area (Å²) in [6.45, 7) is 4.39. The first-order valence-corrected chi connectivity index (χ1v) is 4.89. The number of benzene rings is 1. The third-order valence-electron chi connectivity index (χ3n) is 2.21. The van der Waals surface area contributed by atoms with Crippen LogP contribution in [-0.2, 0) is 0 Å². The molecule has 0 amide bonds. The van der Waals surface area contributed by atoms with Crippen molar-refractivity contribution in [2.45, 2.75) is 13.8 Å². The Kier molecular flexibility index (Phi) is 3.97. The highest BCUT2D eigenvalue weighted by molar-refractivity contribution is 5.53. The standard InChI is InChI=1S/C12H15F2N/c1-8(2)10(7-15)3-9-4-11(13)6-12(14)5-9/h3-6,8H,7,15H2,1-2H3/b10-3+. The summed E-state index contributed by atoms with van der Waals surface area (Å²) in [4.78, 5) is 0. The van der Waals surface area contributed by atoms with Gasteiger partial charge < -0.3 is 5.73 Å². The summed E-state index contributed by atoms with van der Waals surface area (Å²) in [5.41, 5.74) is 7.03. The molecule has 15 heavy (non-hydrogen) atoms. The van der Waals surface area contributed by atoms with Gasteiger partial charge in [0.05, 0.1) is 0 Å². The van der Waals surface area contributed by atoms with Crippen LogP contribution in [0.4, 0.5) is 8.78 Å². The second-order valence-electron chi connectivity index (χ2n) is 3.78. The van der Waals surface area contributed by atoms with Gasteiger partial charge in [0.25, 0.3) is 0 Å². The first-order valence-electron chi connectivity index (χ1n) is 4.89. The molecule has 0 radical (unpaired) electrons. The average Bonchev–Trinajstić information content (AvgIpc) is 2.12. The molecule has 0 bridgehead atoms. The molecule has 0 aromatic heterocycles. The second-order valence-corrected chi connectivity index (χ2v) is 3.78. The minimum atomic E-state index is -0.568. The highest BCUT2D eigenvalue weighted by Crippen LogP contribution is 2.15. The zero-order chi connectivity index (χ0) is 11.4. The Hall–Kier alpha value is -1.22. The minimum absolute atomic E-state index is 0.279. The first kappa shape index (κ1) is 11.9. The van der Waals surface area contributed by atoms with Crippen LogP contribution in [0.15, 0.2) is 23.8 Å². The van der Waals surface area contributed by atoms with Gasteiger partial charge in [-0.1, -0.05) is 25.5 Å². The van der Waals surface area contributed by atoms with E-state index in [0.717, 1.165) is 11.6 Å². The molecule has 0 aliphatic rings. The molecule has 1 nitrogen and oxygen atoms in total. The van der Waals surface area contributed by atoms with Gasteiger partial charge in [-0.2, -0.15) is 0 Å². The van der Waals surface area contributed by atoms with E-state index in [9.17, 15) is 8.78 Å². The number of hydrogen-bond acceptors (Lipinski definition) is 1. The van der Waals surface area contributed by atoms with Crippen molar-refractivity contribution < 1.29 is 8.78 Å². The molecule has 0 saturated heterocycles. The van der Waals surface area contributed by atoms with Crippen LogP contribution >= 0.6 is 0 Å². The van der Waals surface area contributed by atoms with Gasteiger partial charge in [0, 0.05) is 12.6 Å². The van der Waals surface area contributed by atoms with Crippen LogP contribution in [0.2, 0.25) is 0 Å². The third kappa shape index (κ3) is 3.44. The molecule has 1 aromatic rings. The molecular formula is C12H15F2N. The lowest BCUT2D eigenvalue weighted by Gasteiger charge is -2.08. The van der Waals surface area contributed by atoms with Crippen molar-refractivity contribution in [3.8, 4) is 0 Å². The Bertz CT molecular complexity index is 350. The van der Waals surface area contributed by atoms with Gasteiger partial charge in [0.15, 0.2) is 0 Å². The monoisotopic (exact) mass is 211 g/mol. The molecule has 0 unspecified atom stereocenters. The normalized spacial score (nSPS) is 12.3. The van der Waals surface area contributed by atoms with Gasteiger partial charge in [-0.05, 0) is 23.6 Å². The Morgan fingerprint density at radius 1 is 1.27 bits per heavy atom. The van der Waals surface area contributed by atoms with Crippen molar-refractivity contribution in [1.82, 2.24) is 0 Å². The maximum atomic E-state index is 12.9. The molecule has 0 fully saturated rings. The largest absolute Gasteiger partial charge is 0.327 e. The van der Waals surface area contributed by atoms with E-state index in [1.807, 2.05) is 13.8 Å². The highest BCUT2D eigenvalue weighted by atomic mass is 19.1. The van der Waals surface area contributed by atoms with Crippen LogP contribution in [0.25, 0.3) is 6.08 Å². The molecule has 1 aromatic carbocycles. The van der Waals surface area contributed by atoms with Crippen LogP contribution < -0.4 is 5.73 Å². The lowest BCUT2D eigenvalue weighted by molar-refractivity contribution is 0.582. The van der Waals surface area contributed by atoms with E-state index < -0.39 is 11.6 Å². The molecule has 0 aliphatic carbocycles. The van der Waals surface area contributed by atoms with Crippen LogP contribution in [-0.4, -0.2) is 6.54 Å². The predicted molar refractivity (Wildman–Crippen MR) is 58.2 cm³/mol. The SMILES string of the molecule is CC(C)/C(=C/c1cc(F)cc(F)c1)CN. The molecule has 0 heterocycles. The molecule has 1 rings (SSSR count). The Morgan fingerprint density at radius 3 is 2.20 bits per heavy atom. The Labute approximate surface area is 88.6 Å². The Morgan fingerprint density at radius 2 is 1.80 bits per heavy atom. The van der Waals surface area contributed by atoms with Crippen LogP contribution in [0.5, 0.6) is 0 Å². The summed E-state index contributed by atoms with van der Waals surface area (Å²) in [5, 5.41) is 0. The fraction of sp³-hybridized carbons (Fsp3) is 0.333. The van der Waals surface area contributed by atoms with Gasteiger partial charge in [-0.25, -0.2) is 8.78 Å². The summed E-state index contributed by atoms with van der Waals surface area (Å²) in [6.07, 6.45) is 1.73. The predicted octanol–water partition coefficient (Wildman–Crippen LogP) is 2.96. The van der Waals surface area contributed by atoms with Crippen LogP contribution in [0.1, 0.15) is 19.4 Å². The van der Waals surface area contributed by atoms with Gasteiger partial charge in [-0.15, -0.1) is 0 Å². The van der Waals surface area contributed by atoms with Crippen molar-refractivity contribution in [2.75, 3.05) is 6.54 Å². The zero-order valence-corrected chi connectivity index (χ0v) is 8.93. The maximum absolute atomic E-state index is 12.9. The van der Waals surface area contributed by atoms with E-state index in [1.54, 1.807) is 6.08 Å². The lowest BCUT2D eigenvalue weighted by atomic mass is 10.0. The smallest absolute Gasteiger partial charge is 0.126 e. The number of hydrogen-bond donors (Lipinski definition) is 1. The molecular weight excluding hydrogens is 196 g/mol. The van der Waals surface area contributed by atoms with Crippen molar-refractivity contribution >= 4 is 6.08 Å². The molecule has 0 spiro atoms. The summed E-state index contributed by atoms with van der Waals surface area (Å²) < 4.78 is 25.8. The second kappa shape index (κ2) is 5.03. The third-order valence-corrected chi connectivity index (χ3v) is 2.21. The van der Waals surface area contributed by atoms with E-state index in [4.69, 9.17) is 5.73 Å². The topological polar surface area (TPSA) is 26.0 Å². The number of halogens is 2. The number of nitrogens with two attached hydrogens (primary N) is 1. The van der Waals surface area contributed by atoms with Crippen molar-refractivity contribution in [2.24, 2.45) is 11.7 Å². The summed E-state index contributed by atoms with van der Waals surface area (Å²) in [5.74, 6) is -0.857. The summed E-state index contributed by atoms with van der Waals surface area (Å²) in [7, 11) is 0. The average molecular weight is 211 g/mol. The summed E-state index contributed by atoms with van der Waals surface area (Å²) in [6, 6.07) is 3.44. The van der Waals surface area contributed by atoms with Gasteiger partial charge in [0.2, 0.25) is 0 Å². The van der Waals surface area contributed by atoms with E-state index in [-0.39, 0.29) is 5.92 Å². The maximum Gasteiger partial charge on any atom is 0.126 e.